The van der Waals surface area contributed by atoms with Crippen LogP contribution in [0.5, 0.6) is 0 Å². The summed E-state index contributed by atoms with van der Waals surface area (Å²) < 4.78 is 15.6. The maximum atomic E-state index is 13.8. The average molecular weight is 479 g/mol. The molecular formula is C30H27FN4O. The molecule has 5 nitrogen and oxygen atoms in total. The van der Waals surface area contributed by atoms with Crippen molar-refractivity contribution >= 4 is 16.9 Å². The van der Waals surface area contributed by atoms with Gasteiger partial charge in [-0.05, 0) is 72.0 Å². The van der Waals surface area contributed by atoms with Crippen LogP contribution in [0.1, 0.15) is 39.7 Å². The lowest BCUT2D eigenvalue weighted by molar-refractivity contribution is -0.123. The van der Waals surface area contributed by atoms with Gasteiger partial charge in [-0.2, -0.15) is 0 Å². The zero-order valence-corrected chi connectivity index (χ0v) is 20.3. The minimum absolute atomic E-state index is 0.136. The molecule has 5 rings (SSSR count). The molecule has 0 aliphatic heterocycles. The van der Waals surface area contributed by atoms with E-state index in [1.807, 2.05) is 47.0 Å². The van der Waals surface area contributed by atoms with Gasteiger partial charge in [0.15, 0.2) is 0 Å². The summed E-state index contributed by atoms with van der Waals surface area (Å²) in [6, 6.07) is 23.5. The molecular weight excluding hydrogens is 451 g/mol. The first-order valence-electron chi connectivity index (χ1n) is 11.9. The predicted octanol–water partition coefficient (Wildman–Crippen LogP) is 5.68. The number of benzene rings is 3. The Balaban J connectivity index is 1.63. The fraction of sp³-hybridized carbons (Fsp3) is 0.167. The van der Waals surface area contributed by atoms with Gasteiger partial charge in [-0.15, -0.1) is 0 Å². The quantitative estimate of drug-likeness (QED) is 0.327. The van der Waals surface area contributed by atoms with E-state index in [0.717, 1.165) is 44.7 Å². The normalized spacial score (nSPS) is 12.0. The van der Waals surface area contributed by atoms with Gasteiger partial charge in [-0.1, -0.05) is 48.5 Å². The molecule has 0 aliphatic carbocycles. The number of carbonyl (C=O) groups excluding carboxylic acids is 1. The zero-order chi connectivity index (χ0) is 25.1. The van der Waals surface area contributed by atoms with Gasteiger partial charge in [0.25, 0.3) is 0 Å². The number of aryl methyl sites for hydroxylation is 2. The molecule has 0 bridgehead atoms. The van der Waals surface area contributed by atoms with Gasteiger partial charge in [0.05, 0.1) is 11.0 Å². The summed E-state index contributed by atoms with van der Waals surface area (Å²) in [4.78, 5) is 22.9. The Morgan fingerprint density at radius 2 is 1.69 bits per heavy atom. The van der Waals surface area contributed by atoms with Crippen molar-refractivity contribution in [3.05, 3.63) is 131 Å². The number of imidazole rings is 1. The van der Waals surface area contributed by atoms with Crippen LogP contribution >= 0.6 is 0 Å². The highest BCUT2D eigenvalue weighted by Crippen LogP contribution is 2.30. The lowest BCUT2D eigenvalue weighted by atomic mass is 10.0. The minimum Gasteiger partial charge on any atom is -0.350 e. The summed E-state index contributed by atoms with van der Waals surface area (Å²) in [5, 5.41) is 3.10. The third kappa shape index (κ3) is 4.89. The zero-order valence-electron chi connectivity index (χ0n) is 20.3. The van der Waals surface area contributed by atoms with Gasteiger partial charge in [-0.25, -0.2) is 9.37 Å². The molecule has 0 unspecified atom stereocenters. The maximum Gasteiger partial charge on any atom is 0.248 e. The Bertz CT molecular complexity index is 1500. The Labute approximate surface area is 209 Å². The van der Waals surface area contributed by atoms with E-state index in [1.165, 1.54) is 12.1 Å². The van der Waals surface area contributed by atoms with Crippen molar-refractivity contribution in [3.8, 4) is 0 Å². The van der Waals surface area contributed by atoms with Crippen LogP contribution in [0.3, 0.4) is 0 Å². The summed E-state index contributed by atoms with van der Waals surface area (Å²) >= 11 is 0. The lowest BCUT2D eigenvalue weighted by Gasteiger charge is -2.22. The van der Waals surface area contributed by atoms with Crippen molar-refractivity contribution < 1.29 is 9.18 Å². The first kappa shape index (κ1) is 23.4. The molecule has 3 aromatic carbocycles. The number of aromatic nitrogens is 3. The van der Waals surface area contributed by atoms with Crippen molar-refractivity contribution in [1.29, 1.82) is 0 Å². The van der Waals surface area contributed by atoms with Gasteiger partial charge in [0.1, 0.15) is 17.7 Å². The van der Waals surface area contributed by atoms with E-state index < -0.39 is 6.04 Å². The van der Waals surface area contributed by atoms with E-state index in [4.69, 9.17) is 4.98 Å². The highest BCUT2D eigenvalue weighted by molar-refractivity contribution is 5.87. The molecule has 180 valence electrons. The molecule has 0 spiro atoms. The van der Waals surface area contributed by atoms with Crippen molar-refractivity contribution in [1.82, 2.24) is 19.9 Å². The lowest BCUT2D eigenvalue weighted by Crippen LogP contribution is -2.33. The molecule has 0 fully saturated rings. The Kier molecular flexibility index (Phi) is 6.58. The van der Waals surface area contributed by atoms with E-state index in [0.29, 0.717) is 13.0 Å². The number of hydrogen-bond acceptors (Lipinski definition) is 3. The molecule has 1 atom stereocenters. The molecule has 1 N–H and O–H groups in total. The van der Waals surface area contributed by atoms with Crippen molar-refractivity contribution in [2.24, 2.45) is 0 Å². The largest absolute Gasteiger partial charge is 0.350 e. The predicted molar refractivity (Wildman–Crippen MR) is 139 cm³/mol. The monoisotopic (exact) mass is 478 g/mol. The van der Waals surface area contributed by atoms with E-state index in [-0.39, 0.29) is 11.7 Å². The van der Waals surface area contributed by atoms with E-state index in [1.54, 1.807) is 24.5 Å². The van der Waals surface area contributed by atoms with Crippen LogP contribution in [0, 0.1) is 19.7 Å². The molecule has 2 heterocycles. The standard InChI is InChI=1S/C30H27FN4O/c1-20-15-26-27(16-21(20)2)35(28(34-26)17-22-10-12-25(31)13-11-22)29(24-8-4-3-5-9-24)30(36)33-19-23-7-6-14-32-18-23/h3-16,18,29H,17,19H2,1-2H3,(H,33,36)/t29-/m0/s1. The average Bonchev–Trinajstić information content (AvgIpc) is 3.22. The second-order valence-electron chi connectivity index (χ2n) is 9.02. The molecule has 2 aromatic heterocycles. The van der Waals surface area contributed by atoms with Gasteiger partial charge in [0, 0.05) is 25.4 Å². The summed E-state index contributed by atoms with van der Waals surface area (Å²) in [7, 11) is 0. The van der Waals surface area contributed by atoms with Crippen LogP contribution in [0.15, 0.2) is 91.3 Å². The number of amides is 1. The number of halogens is 1. The van der Waals surface area contributed by atoms with Crippen LogP contribution < -0.4 is 5.32 Å². The van der Waals surface area contributed by atoms with E-state index in [9.17, 15) is 9.18 Å². The number of pyridine rings is 1. The topological polar surface area (TPSA) is 59.8 Å². The number of rotatable bonds is 7. The highest BCUT2D eigenvalue weighted by Gasteiger charge is 2.27. The number of nitrogens with one attached hydrogen (secondary N) is 1. The molecule has 5 aromatic rings. The Hall–Kier alpha value is -4.32. The fourth-order valence-electron chi connectivity index (χ4n) is 4.44. The number of hydrogen-bond donors (Lipinski definition) is 1. The Morgan fingerprint density at radius 3 is 2.42 bits per heavy atom. The number of fused-ring (bicyclic) bond motifs is 1. The highest BCUT2D eigenvalue weighted by atomic mass is 19.1. The van der Waals surface area contributed by atoms with E-state index >= 15 is 0 Å². The van der Waals surface area contributed by atoms with Crippen molar-refractivity contribution in [3.63, 3.8) is 0 Å². The van der Waals surface area contributed by atoms with Crippen molar-refractivity contribution in [2.45, 2.75) is 32.9 Å². The molecule has 6 heteroatoms. The second kappa shape index (κ2) is 10.1. The molecule has 0 saturated heterocycles. The Morgan fingerprint density at radius 1 is 0.944 bits per heavy atom. The number of nitrogens with zero attached hydrogens (tertiary/aromatic N) is 3. The molecule has 0 aliphatic rings. The molecule has 1 amide bonds. The summed E-state index contributed by atoms with van der Waals surface area (Å²) in [5.74, 6) is 0.324. The summed E-state index contributed by atoms with van der Waals surface area (Å²) in [6.07, 6.45) is 3.92. The van der Waals surface area contributed by atoms with Crippen molar-refractivity contribution in [2.75, 3.05) is 0 Å². The first-order valence-corrected chi connectivity index (χ1v) is 11.9. The SMILES string of the molecule is Cc1cc2nc(Cc3ccc(F)cc3)n([C@H](C(=O)NCc3cccnc3)c3ccccc3)c2cc1C. The van der Waals surface area contributed by atoms with Gasteiger partial charge >= 0.3 is 0 Å². The first-order chi connectivity index (χ1) is 17.5. The number of carbonyl (C=O) groups is 1. The molecule has 0 radical (unpaired) electrons. The van der Waals surface area contributed by atoms with Crippen LogP contribution in [0.2, 0.25) is 0 Å². The third-order valence-corrected chi connectivity index (χ3v) is 6.46. The maximum absolute atomic E-state index is 13.8. The van der Waals surface area contributed by atoms with Crippen LogP contribution in [-0.2, 0) is 17.8 Å². The summed E-state index contributed by atoms with van der Waals surface area (Å²) in [6.45, 7) is 4.49. The van der Waals surface area contributed by atoms with Crippen LogP contribution in [-0.4, -0.2) is 20.4 Å². The smallest absolute Gasteiger partial charge is 0.248 e. The van der Waals surface area contributed by atoms with E-state index in [2.05, 4.69) is 36.3 Å². The van der Waals surface area contributed by atoms with Gasteiger partial charge < -0.3 is 9.88 Å². The van der Waals surface area contributed by atoms with Gasteiger partial charge in [-0.3, -0.25) is 9.78 Å². The summed E-state index contributed by atoms with van der Waals surface area (Å²) in [5.41, 5.74) is 6.68. The van der Waals surface area contributed by atoms with Gasteiger partial charge in [0.2, 0.25) is 5.91 Å². The minimum atomic E-state index is -0.634. The molecule has 36 heavy (non-hydrogen) atoms. The fourth-order valence-corrected chi connectivity index (χ4v) is 4.44. The van der Waals surface area contributed by atoms with Crippen LogP contribution in [0.25, 0.3) is 11.0 Å². The molecule has 0 saturated carbocycles. The van der Waals surface area contributed by atoms with Crippen LogP contribution in [0.4, 0.5) is 4.39 Å². The third-order valence-electron chi connectivity index (χ3n) is 6.46. The second-order valence-corrected chi connectivity index (χ2v) is 9.02.